The summed E-state index contributed by atoms with van der Waals surface area (Å²) < 4.78 is 13.1. The molecule has 0 N–H and O–H groups in total. The molecule has 0 aliphatic carbocycles. The van der Waals surface area contributed by atoms with Crippen LogP contribution in [0.5, 0.6) is 0 Å². The van der Waals surface area contributed by atoms with E-state index in [1.165, 1.54) is 12.3 Å². The highest BCUT2D eigenvalue weighted by Gasteiger charge is 2.11. The fourth-order valence-corrected chi connectivity index (χ4v) is 1.85. The minimum absolute atomic E-state index is 0.0790. The van der Waals surface area contributed by atoms with E-state index in [1.807, 2.05) is 6.07 Å². The summed E-state index contributed by atoms with van der Waals surface area (Å²) in [5.74, 6) is -0.625. The molecule has 92 valence electrons. The summed E-state index contributed by atoms with van der Waals surface area (Å²) in [6.07, 6.45) is 4.87. The Balaban J connectivity index is 2.59. The molecule has 0 amide bonds. The van der Waals surface area contributed by atoms with Crippen molar-refractivity contribution in [3.05, 3.63) is 47.8 Å². The van der Waals surface area contributed by atoms with Crippen molar-refractivity contribution in [1.29, 1.82) is 10.5 Å². The number of hydrogen-bond donors (Lipinski definition) is 0. The predicted molar refractivity (Wildman–Crippen MR) is 66.1 cm³/mol. The molecule has 0 aromatic carbocycles. The van der Waals surface area contributed by atoms with E-state index in [0.29, 0.717) is 16.7 Å². The Labute approximate surface area is 109 Å². The quantitative estimate of drug-likeness (QED) is 0.786. The molecule has 2 aromatic rings. The highest BCUT2D eigenvalue weighted by Crippen LogP contribution is 2.26. The highest BCUT2D eigenvalue weighted by molar-refractivity contribution is 5.69. The topological polar surface area (TPSA) is 73.4 Å². The van der Waals surface area contributed by atoms with E-state index >= 15 is 0 Å². The van der Waals surface area contributed by atoms with E-state index in [2.05, 4.69) is 16.0 Å². The van der Waals surface area contributed by atoms with Crippen LogP contribution in [0.15, 0.2) is 30.7 Å². The lowest BCUT2D eigenvalue weighted by Gasteiger charge is -2.09. The third-order valence-electron chi connectivity index (χ3n) is 2.70. The number of nitrogens with zero attached hydrogens (tertiary/aromatic N) is 4. The van der Waals surface area contributed by atoms with Gasteiger partial charge in [-0.1, -0.05) is 0 Å². The van der Waals surface area contributed by atoms with Crippen LogP contribution in [-0.4, -0.2) is 9.97 Å². The van der Waals surface area contributed by atoms with Crippen molar-refractivity contribution >= 4 is 0 Å². The van der Waals surface area contributed by atoms with Gasteiger partial charge in [0, 0.05) is 29.7 Å². The van der Waals surface area contributed by atoms with Gasteiger partial charge in [0.1, 0.15) is 0 Å². The Morgan fingerprint density at radius 3 is 2.47 bits per heavy atom. The summed E-state index contributed by atoms with van der Waals surface area (Å²) in [6, 6.07) is 7.03. The molecule has 0 aliphatic rings. The first-order chi connectivity index (χ1) is 9.26. The maximum atomic E-state index is 13.1. The standard InChI is InChI=1S/C14H9FN4/c15-14-7-11(2-5-17)13(9-19-14)12-8-18-6-3-10(12)1-4-16/h3,6-9H,1-2H2. The van der Waals surface area contributed by atoms with E-state index in [-0.39, 0.29) is 12.8 Å². The van der Waals surface area contributed by atoms with Crippen LogP contribution in [0.1, 0.15) is 11.1 Å². The van der Waals surface area contributed by atoms with Crippen LogP contribution < -0.4 is 0 Å². The summed E-state index contributed by atoms with van der Waals surface area (Å²) in [4.78, 5) is 7.63. The fraction of sp³-hybridized carbons (Fsp3) is 0.143. The molecule has 0 fully saturated rings. The maximum Gasteiger partial charge on any atom is 0.213 e. The molecule has 0 spiro atoms. The second kappa shape index (κ2) is 5.70. The third kappa shape index (κ3) is 2.72. The summed E-state index contributed by atoms with van der Waals surface area (Å²) in [7, 11) is 0. The molecule has 0 bridgehead atoms. The smallest absolute Gasteiger partial charge is 0.213 e. The molecule has 19 heavy (non-hydrogen) atoms. The summed E-state index contributed by atoms with van der Waals surface area (Å²) in [5, 5.41) is 17.6. The molecule has 5 heteroatoms. The van der Waals surface area contributed by atoms with Gasteiger partial charge < -0.3 is 0 Å². The second-order valence-electron chi connectivity index (χ2n) is 3.87. The molecule has 0 atom stereocenters. The van der Waals surface area contributed by atoms with Crippen LogP contribution in [0, 0.1) is 28.6 Å². The van der Waals surface area contributed by atoms with Crippen molar-refractivity contribution in [2.45, 2.75) is 12.8 Å². The highest BCUT2D eigenvalue weighted by atomic mass is 19.1. The molecule has 4 nitrogen and oxygen atoms in total. The van der Waals surface area contributed by atoms with E-state index < -0.39 is 5.95 Å². The van der Waals surface area contributed by atoms with E-state index in [4.69, 9.17) is 10.5 Å². The number of aromatic nitrogens is 2. The molecule has 2 heterocycles. The largest absolute Gasteiger partial charge is 0.264 e. The van der Waals surface area contributed by atoms with Crippen molar-refractivity contribution in [3.8, 4) is 23.3 Å². The normalized spacial score (nSPS) is 9.63. The van der Waals surface area contributed by atoms with Gasteiger partial charge in [0.25, 0.3) is 0 Å². The van der Waals surface area contributed by atoms with Crippen molar-refractivity contribution in [3.63, 3.8) is 0 Å². The third-order valence-corrected chi connectivity index (χ3v) is 2.70. The monoisotopic (exact) mass is 252 g/mol. The first kappa shape index (κ1) is 12.7. The van der Waals surface area contributed by atoms with Crippen molar-refractivity contribution < 1.29 is 4.39 Å². The van der Waals surface area contributed by atoms with E-state index in [9.17, 15) is 4.39 Å². The van der Waals surface area contributed by atoms with E-state index in [0.717, 1.165) is 5.56 Å². The average molecular weight is 252 g/mol. The molecule has 0 saturated carbocycles. The molecule has 0 radical (unpaired) electrons. The number of pyridine rings is 2. The Bertz CT molecular complexity index is 683. The van der Waals surface area contributed by atoms with Gasteiger partial charge in [-0.15, -0.1) is 0 Å². The number of hydrogen-bond acceptors (Lipinski definition) is 4. The van der Waals surface area contributed by atoms with Crippen LogP contribution in [-0.2, 0) is 12.8 Å². The number of halogens is 1. The number of rotatable bonds is 3. The van der Waals surface area contributed by atoms with Crippen LogP contribution in [0.4, 0.5) is 4.39 Å². The Kier molecular flexibility index (Phi) is 3.80. The molecule has 0 aliphatic heterocycles. The lowest BCUT2D eigenvalue weighted by Crippen LogP contribution is -1.97. The minimum atomic E-state index is -0.625. The lowest BCUT2D eigenvalue weighted by molar-refractivity contribution is 0.582. The van der Waals surface area contributed by atoms with Gasteiger partial charge in [-0.25, -0.2) is 4.98 Å². The second-order valence-corrected chi connectivity index (χ2v) is 3.87. The first-order valence-corrected chi connectivity index (χ1v) is 5.58. The molecule has 2 aromatic heterocycles. The fourth-order valence-electron chi connectivity index (χ4n) is 1.85. The Hall–Kier alpha value is -2.79. The number of nitriles is 2. The van der Waals surface area contributed by atoms with Crippen molar-refractivity contribution in [2.75, 3.05) is 0 Å². The summed E-state index contributed by atoms with van der Waals surface area (Å²) in [5.41, 5.74) is 2.68. The SMILES string of the molecule is N#CCc1ccncc1-c1cnc(F)cc1CC#N. The van der Waals surface area contributed by atoms with Crippen molar-refractivity contribution in [2.24, 2.45) is 0 Å². The predicted octanol–water partition coefficient (Wildman–Crippen LogP) is 2.41. The minimum Gasteiger partial charge on any atom is -0.264 e. The van der Waals surface area contributed by atoms with Crippen LogP contribution in [0.25, 0.3) is 11.1 Å². The van der Waals surface area contributed by atoms with Gasteiger partial charge in [0.15, 0.2) is 0 Å². The van der Waals surface area contributed by atoms with Crippen molar-refractivity contribution in [1.82, 2.24) is 9.97 Å². The van der Waals surface area contributed by atoms with Gasteiger partial charge in [-0.3, -0.25) is 4.98 Å². The van der Waals surface area contributed by atoms with Crippen LogP contribution in [0.3, 0.4) is 0 Å². The van der Waals surface area contributed by atoms with Crippen LogP contribution in [0.2, 0.25) is 0 Å². The Morgan fingerprint density at radius 1 is 1.05 bits per heavy atom. The van der Waals surface area contributed by atoms with Gasteiger partial charge >= 0.3 is 0 Å². The van der Waals surface area contributed by atoms with E-state index in [1.54, 1.807) is 18.5 Å². The Morgan fingerprint density at radius 2 is 1.74 bits per heavy atom. The molecule has 0 saturated heterocycles. The lowest BCUT2D eigenvalue weighted by atomic mass is 9.96. The zero-order valence-corrected chi connectivity index (χ0v) is 9.97. The maximum absolute atomic E-state index is 13.1. The molecule has 0 unspecified atom stereocenters. The average Bonchev–Trinajstić information content (AvgIpc) is 2.41. The molecule has 2 rings (SSSR count). The molecular formula is C14H9FN4. The van der Waals surface area contributed by atoms with Gasteiger partial charge in [-0.05, 0) is 23.3 Å². The zero-order valence-electron chi connectivity index (χ0n) is 9.97. The van der Waals surface area contributed by atoms with Gasteiger partial charge in [0.05, 0.1) is 25.0 Å². The van der Waals surface area contributed by atoms with Gasteiger partial charge in [0.2, 0.25) is 5.95 Å². The van der Waals surface area contributed by atoms with Gasteiger partial charge in [-0.2, -0.15) is 14.9 Å². The first-order valence-electron chi connectivity index (χ1n) is 5.58. The zero-order chi connectivity index (χ0) is 13.7. The van der Waals surface area contributed by atoms with Crippen LogP contribution >= 0.6 is 0 Å². The molecular weight excluding hydrogens is 243 g/mol. The summed E-state index contributed by atoms with van der Waals surface area (Å²) >= 11 is 0. The summed E-state index contributed by atoms with van der Waals surface area (Å²) in [6.45, 7) is 0.